The number of halogens is 2. The second-order valence-corrected chi connectivity index (χ2v) is 4.44. The summed E-state index contributed by atoms with van der Waals surface area (Å²) >= 11 is 0. The molecule has 0 saturated carbocycles. The Labute approximate surface area is 104 Å². The summed E-state index contributed by atoms with van der Waals surface area (Å²) in [6.45, 7) is 1.86. The second kappa shape index (κ2) is 4.01. The molecule has 1 aliphatic heterocycles. The Morgan fingerprint density at radius 1 is 0.889 bits per heavy atom. The topological polar surface area (TPSA) is 24.1 Å². The van der Waals surface area contributed by atoms with Crippen molar-refractivity contribution in [1.29, 1.82) is 0 Å². The molecule has 2 nitrogen and oxygen atoms in total. The Hall–Kier alpha value is -2.04. The van der Waals surface area contributed by atoms with Crippen LogP contribution in [0, 0.1) is 18.6 Å². The predicted octanol–water partition coefficient (Wildman–Crippen LogP) is 2.51. The molecular weight excluding hydrogens is 233 g/mol. The molecule has 2 aromatic rings. The molecule has 0 bridgehead atoms. The number of rotatable bonds is 1. The first kappa shape index (κ1) is 11.1. The van der Waals surface area contributed by atoms with Gasteiger partial charge in [0, 0.05) is 23.5 Å². The lowest BCUT2D eigenvalue weighted by Crippen LogP contribution is -2.41. The lowest BCUT2D eigenvalue weighted by molar-refractivity contribution is 0.510. The van der Waals surface area contributed by atoms with Gasteiger partial charge in [-0.3, -0.25) is 0 Å². The lowest BCUT2D eigenvalue weighted by Gasteiger charge is -2.07. The molecule has 0 spiro atoms. The molecule has 0 aromatic heterocycles. The first-order valence-corrected chi connectivity index (χ1v) is 5.72. The molecule has 1 aliphatic rings. The lowest BCUT2D eigenvalue weighted by atomic mass is 9.69. The van der Waals surface area contributed by atoms with Gasteiger partial charge in [-0.25, -0.2) is 8.78 Å². The van der Waals surface area contributed by atoms with Gasteiger partial charge < -0.3 is 10.5 Å². The number of nitrogens with one attached hydrogen (secondary N) is 2. The highest BCUT2D eigenvalue weighted by Crippen LogP contribution is 2.29. The van der Waals surface area contributed by atoms with Crippen LogP contribution in [0.4, 0.5) is 20.2 Å². The predicted molar refractivity (Wildman–Crippen MR) is 70.2 cm³/mol. The first-order valence-electron chi connectivity index (χ1n) is 5.72. The number of anilines is 2. The standard InChI is InChI=1S/C13H11BF2N2/c1-8-2-4-9(5-3-8)14-17-12-6-10(15)11(16)7-13(12)18-14/h2-7,17-18H,1H3. The number of aryl methyl sites for hydroxylation is 1. The van der Waals surface area contributed by atoms with Gasteiger partial charge in [0.2, 0.25) is 0 Å². The molecule has 2 N–H and O–H groups in total. The summed E-state index contributed by atoms with van der Waals surface area (Å²) in [5.74, 6) is -1.68. The van der Waals surface area contributed by atoms with E-state index in [1.165, 1.54) is 17.7 Å². The molecule has 0 atom stereocenters. The molecule has 0 amide bonds. The zero-order chi connectivity index (χ0) is 12.7. The third-order valence-corrected chi connectivity index (χ3v) is 3.07. The van der Waals surface area contributed by atoms with Gasteiger partial charge in [-0.2, -0.15) is 0 Å². The molecule has 2 aromatic carbocycles. The highest BCUT2D eigenvalue weighted by atomic mass is 19.2. The molecule has 0 aliphatic carbocycles. The van der Waals surface area contributed by atoms with Crippen molar-refractivity contribution in [2.24, 2.45) is 0 Å². The smallest absolute Gasteiger partial charge is 0.404 e. The molecule has 0 radical (unpaired) electrons. The van der Waals surface area contributed by atoms with E-state index >= 15 is 0 Å². The normalized spacial score (nSPS) is 12.9. The van der Waals surface area contributed by atoms with Gasteiger partial charge in [0.1, 0.15) is 0 Å². The van der Waals surface area contributed by atoms with Crippen molar-refractivity contribution in [3.8, 4) is 0 Å². The minimum absolute atomic E-state index is 0.151. The van der Waals surface area contributed by atoms with E-state index in [0.717, 1.165) is 5.46 Å². The van der Waals surface area contributed by atoms with E-state index in [-0.39, 0.29) is 6.98 Å². The van der Waals surface area contributed by atoms with E-state index in [4.69, 9.17) is 0 Å². The fraction of sp³-hybridized carbons (Fsp3) is 0.0769. The van der Waals surface area contributed by atoms with Crippen molar-refractivity contribution in [1.82, 2.24) is 0 Å². The molecule has 0 fully saturated rings. The van der Waals surface area contributed by atoms with E-state index in [2.05, 4.69) is 10.5 Å². The average Bonchev–Trinajstić information content (AvgIpc) is 2.73. The van der Waals surface area contributed by atoms with Crippen LogP contribution in [0.5, 0.6) is 0 Å². The molecule has 90 valence electrons. The SMILES string of the molecule is Cc1ccc(B2Nc3cc(F)c(F)cc3N2)cc1. The molecule has 0 unspecified atom stereocenters. The molecule has 1 heterocycles. The summed E-state index contributed by atoms with van der Waals surface area (Å²) in [4.78, 5) is 0. The molecule has 3 rings (SSSR count). The van der Waals surface area contributed by atoms with Crippen LogP contribution in [-0.4, -0.2) is 6.98 Å². The van der Waals surface area contributed by atoms with Gasteiger partial charge >= 0.3 is 6.98 Å². The largest absolute Gasteiger partial charge is 0.406 e. The Morgan fingerprint density at radius 2 is 1.39 bits per heavy atom. The van der Waals surface area contributed by atoms with Gasteiger partial charge in [-0.15, -0.1) is 0 Å². The van der Waals surface area contributed by atoms with Gasteiger partial charge in [0.05, 0.1) is 0 Å². The molecule has 5 heteroatoms. The number of benzene rings is 2. The Balaban J connectivity index is 1.91. The zero-order valence-electron chi connectivity index (χ0n) is 9.80. The zero-order valence-corrected chi connectivity index (χ0v) is 9.80. The van der Waals surface area contributed by atoms with Crippen molar-refractivity contribution >= 4 is 23.8 Å². The van der Waals surface area contributed by atoms with Crippen LogP contribution >= 0.6 is 0 Å². The van der Waals surface area contributed by atoms with Crippen LogP contribution in [0.25, 0.3) is 0 Å². The summed E-state index contributed by atoms with van der Waals surface area (Å²) in [6.07, 6.45) is 0. The number of hydrogen-bond donors (Lipinski definition) is 2. The van der Waals surface area contributed by atoms with Gasteiger partial charge in [0.15, 0.2) is 11.6 Å². The van der Waals surface area contributed by atoms with Crippen molar-refractivity contribution in [3.63, 3.8) is 0 Å². The van der Waals surface area contributed by atoms with Crippen molar-refractivity contribution in [3.05, 3.63) is 53.6 Å². The second-order valence-electron chi connectivity index (χ2n) is 4.44. The maximum Gasteiger partial charge on any atom is 0.406 e. The van der Waals surface area contributed by atoms with Crippen molar-refractivity contribution in [2.75, 3.05) is 10.5 Å². The van der Waals surface area contributed by atoms with Crippen LogP contribution < -0.4 is 15.9 Å². The molecular formula is C13H11BF2N2. The van der Waals surface area contributed by atoms with Crippen molar-refractivity contribution in [2.45, 2.75) is 6.92 Å². The summed E-state index contributed by atoms with van der Waals surface area (Å²) in [7, 11) is 0. The maximum absolute atomic E-state index is 13.1. The van der Waals surface area contributed by atoms with E-state index in [1.54, 1.807) is 0 Å². The highest BCUT2D eigenvalue weighted by Gasteiger charge is 2.27. The summed E-state index contributed by atoms with van der Waals surface area (Å²) in [5, 5.41) is 6.24. The third-order valence-electron chi connectivity index (χ3n) is 3.07. The van der Waals surface area contributed by atoms with E-state index in [0.29, 0.717) is 11.4 Å². The maximum atomic E-state index is 13.1. The fourth-order valence-corrected chi connectivity index (χ4v) is 2.06. The average molecular weight is 244 g/mol. The molecule has 0 saturated heterocycles. The Morgan fingerprint density at radius 3 is 1.89 bits per heavy atom. The van der Waals surface area contributed by atoms with Gasteiger partial charge in [-0.1, -0.05) is 29.8 Å². The van der Waals surface area contributed by atoms with Crippen molar-refractivity contribution < 1.29 is 8.78 Å². The summed E-state index contributed by atoms with van der Waals surface area (Å²) in [6, 6.07) is 10.3. The quantitative estimate of drug-likeness (QED) is 0.753. The minimum Gasteiger partial charge on any atom is -0.404 e. The highest BCUT2D eigenvalue weighted by molar-refractivity contribution is 6.80. The summed E-state index contributed by atoms with van der Waals surface area (Å²) in [5.41, 5.74) is 3.36. The van der Waals surface area contributed by atoms with Crippen LogP contribution in [0.15, 0.2) is 36.4 Å². The minimum atomic E-state index is -0.840. The monoisotopic (exact) mass is 244 g/mol. The van der Waals surface area contributed by atoms with E-state index < -0.39 is 11.6 Å². The van der Waals surface area contributed by atoms with Crippen LogP contribution in [0.2, 0.25) is 0 Å². The van der Waals surface area contributed by atoms with E-state index in [9.17, 15) is 8.78 Å². The third kappa shape index (κ3) is 1.81. The van der Waals surface area contributed by atoms with Crippen LogP contribution in [0.1, 0.15) is 5.56 Å². The number of fused-ring (bicyclic) bond motifs is 1. The summed E-state index contributed by atoms with van der Waals surface area (Å²) < 4.78 is 26.2. The van der Waals surface area contributed by atoms with Gasteiger partial charge in [-0.05, 0) is 12.4 Å². The van der Waals surface area contributed by atoms with Crippen LogP contribution in [-0.2, 0) is 0 Å². The van der Waals surface area contributed by atoms with Gasteiger partial charge in [0.25, 0.3) is 0 Å². The fourth-order valence-electron chi connectivity index (χ4n) is 2.06. The Kier molecular flexibility index (Phi) is 2.47. The molecule has 18 heavy (non-hydrogen) atoms. The van der Waals surface area contributed by atoms with E-state index in [1.807, 2.05) is 31.2 Å². The number of hydrogen-bond acceptors (Lipinski definition) is 2. The van der Waals surface area contributed by atoms with Crippen LogP contribution in [0.3, 0.4) is 0 Å². The first-order chi connectivity index (χ1) is 8.63. The Bertz CT molecular complexity index is 568.